The van der Waals surface area contributed by atoms with E-state index in [1.165, 1.54) is 12.5 Å². The molecule has 0 bridgehead atoms. The molecule has 4 heteroatoms. The lowest BCUT2D eigenvalue weighted by Crippen LogP contribution is -2.41. The zero-order valence-electron chi connectivity index (χ0n) is 10.7. The van der Waals surface area contributed by atoms with E-state index in [1.807, 2.05) is 6.07 Å². The average molecular weight is 271 g/mol. The molecule has 1 fully saturated rings. The Kier molecular flexibility index (Phi) is 4.60. The monoisotopic (exact) mass is 270 g/mol. The highest BCUT2D eigenvalue weighted by Crippen LogP contribution is 2.22. The summed E-state index contributed by atoms with van der Waals surface area (Å²) in [6.45, 7) is 4.86. The fourth-order valence-corrected chi connectivity index (χ4v) is 2.87. The summed E-state index contributed by atoms with van der Waals surface area (Å²) in [7, 11) is 0. The number of nitrogens with zero attached hydrogens (tertiary/aromatic N) is 1. The Morgan fingerprint density at radius 2 is 2.28 bits per heavy atom. The molecule has 1 aliphatic rings. The third-order valence-corrected chi connectivity index (χ3v) is 3.83. The third-order valence-electron chi connectivity index (χ3n) is 3.61. The van der Waals surface area contributed by atoms with Crippen LogP contribution in [0.4, 0.5) is 4.39 Å². The second-order valence-electron chi connectivity index (χ2n) is 5.27. The van der Waals surface area contributed by atoms with Gasteiger partial charge in [0.25, 0.3) is 0 Å². The van der Waals surface area contributed by atoms with Crippen molar-refractivity contribution in [2.24, 2.45) is 11.7 Å². The summed E-state index contributed by atoms with van der Waals surface area (Å²) in [5, 5.41) is 0.464. The van der Waals surface area contributed by atoms with Crippen LogP contribution in [0.5, 0.6) is 0 Å². The minimum Gasteiger partial charge on any atom is -0.328 e. The van der Waals surface area contributed by atoms with Gasteiger partial charge in [0.15, 0.2) is 0 Å². The quantitative estimate of drug-likeness (QED) is 0.915. The van der Waals surface area contributed by atoms with Crippen molar-refractivity contribution in [1.29, 1.82) is 0 Å². The molecule has 2 nitrogen and oxygen atoms in total. The topological polar surface area (TPSA) is 29.3 Å². The fraction of sp³-hybridized carbons (Fsp3) is 0.571. The molecule has 2 N–H and O–H groups in total. The van der Waals surface area contributed by atoms with E-state index in [9.17, 15) is 4.39 Å². The summed E-state index contributed by atoms with van der Waals surface area (Å²) >= 11 is 5.87. The van der Waals surface area contributed by atoms with Crippen LogP contribution in [0.15, 0.2) is 18.2 Å². The molecule has 1 aromatic carbocycles. The second kappa shape index (κ2) is 6.00. The number of hydrogen-bond donors (Lipinski definition) is 1. The van der Waals surface area contributed by atoms with Gasteiger partial charge in [-0.2, -0.15) is 0 Å². The zero-order valence-corrected chi connectivity index (χ0v) is 11.5. The predicted molar refractivity (Wildman–Crippen MR) is 73.1 cm³/mol. The van der Waals surface area contributed by atoms with E-state index in [4.69, 9.17) is 17.3 Å². The van der Waals surface area contributed by atoms with Crippen LogP contribution >= 0.6 is 11.6 Å². The standard InChI is InChI=1S/C14H20ClFN2/c1-10(17)12-3-2-4-18(9-12)8-11-5-13(15)7-14(16)6-11/h5-7,10,12H,2-4,8-9,17H2,1H3. The minimum atomic E-state index is -0.266. The molecule has 1 aromatic rings. The number of hydrogen-bond acceptors (Lipinski definition) is 2. The van der Waals surface area contributed by atoms with Gasteiger partial charge in [-0.05, 0) is 56.0 Å². The number of nitrogens with two attached hydrogens (primary N) is 1. The number of halogens is 2. The largest absolute Gasteiger partial charge is 0.328 e. The van der Waals surface area contributed by atoms with E-state index in [0.717, 1.165) is 31.6 Å². The summed E-state index contributed by atoms with van der Waals surface area (Å²) < 4.78 is 13.3. The highest BCUT2D eigenvalue weighted by atomic mass is 35.5. The van der Waals surface area contributed by atoms with Crippen molar-refractivity contribution in [1.82, 2.24) is 4.90 Å². The van der Waals surface area contributed by atoms with E-state index < -0.39 is 0 Å². The zero-order chi connectivity index (χ0) is 13.1. The molecule has 1 aliphatic heterocycles. The first-order valence-electron chi connectivity index (χ1n) is 6.47. The molecule has 100 valence electrons. The van der Waals surface area contributed by atoms with E-state index in [0.29, 0.717) is 10.9 Å². The Balaban J connectivity index is 2.00. The molecule has 0 radical (unpaired) electrons. The Labute approximate surface area is 113 Å². The highest BCUT2D eigenvalue weighted by molar-refractivity contribution is 6.30. The summed E-state index contributed by atoms with van der Waals surface area (Å²) in [4.78, 5) is 2.34. The van der Waals surface area contributed by atoms with Crippen LogP contribution in [0.3, 0.4) is 0 Å². The van der Waals surface area contributed by atoms with Gasteiger partial charge >= 0.3 is 0 Å². The maximum Gasteiger partial charge on any atom is 0.125 e. The Morgan fingerprint density at radius 1 is 1.50 bits per heavy atom. The Bertz CT molecular complexity index is 389. The summed E-state index contributed by atoms with van der Waals surface area (Å²) in [6.07, 6.45) is 2.35. The van der Waals surface area contributed by atoms with Gasteiger partial charge in [0, 0.05) is 24.2 Å². The minimum absolute atomic E-state index is 0.226. The summed E-state index contributed by atoms with van der Waals surface area (Å²) in [5.41, 5.74) is 6.90. The Morgan fingerprint density at radius 3 is 2.94 bits per heavy atom. The van der Waals surface area contributed by atoms with E-state index in [-0.39, 0.29) is 11.9 Å². The van der Waals surface area contributed by atoms with Gasteiger partial charge < -0.3 is 5.73 Å². The summed E-state index contributed by atoms with van der Waals surface area (Å²) in [6, 6.07) is 4.96. The highest BCUT2D eigenvalue weighted by Gasteiger charge is 2.22. The van der Waals surface area contributed by atoms with Crippen molar-refractivity contribution in [2.75, 3.05) is 13.1 Å². The van der Waals surface area contributed by atoms with Crippen LogP contribution in [0, 0.1) is 11.7 Å². The lowest BCUT2D eigenvalue weighted by molar-refractivity contribution is 0.154. The molecule has 1 heterocycles. The van der Waals surface area contributed by atoms with Gasteiger partial charge in [-0.1, -0.05) is 11.6 Å². The first kappa shape index (κ1) is 13.8. The lowest BCUT2D eigenvalue weighted by Gasteiger charge is -2.34. The molecule has 1 saturated heterocycles. The van der Waals surface area contributed by atoms with Crippen molar-refractivity contribution >= 4 is 11.6 Å². The first-order chi connectivity index (χ1) is 8.54. The first-order valence-corrected chi connectivity index (χ1v) is 6.85. The number of rotatable bonds is 3. The summed E-state index contributed by atoms with van der Waals surface area (Å²) in [5.74, 6) is 0.279. The van der Waals surface area contributed by atoms with E-state index in [2.05, 4.69) is 11.8 Å². The number of benzene rings is 1. The molecule has 2 atom stereocenters. The van der Waals surface area contributed by atoms with E-state index in [1.54, 1.807) is 6.07 Å². The third kappa shape index (κ3) is 3.67. The van der Waals surface area contributed by atoms with Gasteiger partial charge in [-0.3, -0.25) is 4.90 Å². The second-order valence-corrected chi connectivity index (χ2v) is 5.71. The molecule has 18 heavy (non-hydrogen) atoms. The molecule has 0 aromatic heterocycles. The average Bonchev–Trinajstić information content (AvgIpc) is 2.27. The van der Waals surface area contributed by atoms with Gasteiger partial charge in [0.1, 0.15) is 5.82 Å². The molecule has 0 aliphatic carbocycles. The SMILES string of the molecule is CC(N)C1CCCN(Cc2cc(F)cc(Cl)c2)C1. The van der Waals surface area contributed by atoms with Crippen LogP contribution in [-0.2, 0) is 6.54 Å². The molecule has 2 unspecified atom stereocenters. The molecule has 2 rings (SSSR count). The number of piperidine rings is 1. The lowest BCUT2D eigenvalue weighted by atomic mass is 9.92. The normalized spacial score (nSPS) is 23.0. The molecular weight excluding hydrogens is 251 g/mol. The van der Waals surface area contributed by atoms with E-state index >= 15 is 0 Å². The van der Waals surface area contributed by atoms with Crippen LogP contribution in [0.2, 0.25) is 5.02 Å². The molecular formula is C14H20ClFN2. The molecule has 0 saturated carbocycles. The van der Waals surface area contributed by atoms with Crippen LogP contribution in [0.1, 0.15) is 25.3 Å². The van der Waals surface area contributed by atoms with Crippen LogP contribution in [0.25, 0.3) is 0 Å². The fourth-order valence-electron chi connectivity index (χ4n) is 2.62. The Hall–Kier alpha value is -0.640. The maximum atomic E-state index is 13.3. The van der Waals surface area contributed by atoms with Crippen LogP contribution in [-0.4, -0.2) is 24.0 Å². The predicted octanol–water partition coefficient (Wildman–Crippen LogP) is 3.04. The number of likely N-dealkylation sites (tertiary alicyclic amines) is 1. The van der Waals surface area contributed by atoms with Crippen molar-refractivity contribution in [3.63, 3.8) is 0 Å². The molecule has 0 amide bonds. The van der Waals surface area contributed by atoms with Gasteiger partial charge in [-0.15, -0.1) is 0 Å². The van der Waals surface area contributed by atoms with Crippen molar-refractivity contribution in [2.45, 2.75) is 32.4 Å². The van der Waals surface area contributed by atoms with Gasteiger partial charge in [0.2, 0.25) is 0 Å². The van der Waals surface area contributed by atoms with Crippen LogP contribution < -0.4 is 5.73 Å². The van der Waals surface area contributed by atoms with Gasteiger partial charge in [-0.25, -0.2) is 4.39 Å². The maximum absolute atomic E-state index is 13.3. The van der Waals surface area contributed by atoms with Crippen molar-refractivity contribution in [3.8, 4) is 0 Å². The van der Waals surface area contributed by atoms with Gasteiger partial charge in [0.05, 0.1) is 0 Å². The smallest absolute Gasteiger partial charge is 0.125 e. The molecule has 0 spiro atoms. The van der Waals surface area contributed by atoms with Crippen molar-refractivity contribution in [3.05, 3.63) is 34.6 Å². The van der Waals surface area contributed by atoms with Crippen molar-refractivity contribution < 1.29 is 4.39 Å².